The first-order valence-electron chi connectivity index (χ1n) is 7.91. The second-order valence-corrected chi connectivity index (χ2v) is 6.68. The summed E-state index contributed by atoms with van der Waals surface area (Å²) < 4.78 is 6.61. The van der Waals surface area contributed by atoms with Gasteiger partial charge in [0.2, 0.25) is 0 Å². The molecular weight excluding hydrogens is 381 g/mol. The number of hydrogen-bond donors (Lipinski definition) is 1. The topological polar surface area (TPSA) is 89.4 Å². The van der Waals surface area contributed by atoms with Crippen LogP contribution >= 0.6 is 23.2 Å². The van der Waals surface area contributed by atoms with E-state index >= 15 is 0 Å². The van der Waals surface area contributed by atoms with Gasteiger partial charge in [-0.1, -0.05) is 28.4 Å². The molecule has 3 rings (SSSR count). The van der Waals surface area contributed by atoms with Gasteiger partial charge in [-0.05, 0) is 23.8 Å². The predicted molar refractivity (Wildman–Crippen MR) is 94.9 cm³/mol. The minimum atomic E-state index is -0.687. The Morgan fingerprint density at radius 2 is 2.12 bits per heavy atom. The molecule has 2 aromatic rings. The van der Waals surface area contributed by atoms with Gasteiger partial charge >= 0.3 is 6.03 Å². The molecule has 138 valence electrons. The minimum absolute atomic E-state index is 0.0566. The van der Waals surface area contributed by atoms with Crippen molar-refractivity contribution in [3.05, 3.63) is 45.7 Å². The summed E-state index contributed by atoms with van der Waals surface area (Å²) in [5.74, 6) is -0.336. The van der Waals surface area contributed by atoms with Gasteiger partial charge in [0.1, 0.15) is 6.04 Å². The van der Waals surface area contributed by atoms with Crippen LogP contribution < -0.4 is 5.32 Å². The van der Waals surface area contributed by atoms with Crippen LogP contribution in [-0.2, 0) is 29.0 Å². The number of imide groups is 1. The number of aromatic nitrogens is 3. The van der Waals surface area contributed by atoms with Gasteiger partial charge in [0.25, 0.3) is 5.91 Å². The number of methoxy groups -OCH3 is 1. The number of halogens is 2. The van der Waals surface area contributed by atoms with Crippen LogP contribution in [0.25, 0.3) is 0 Å². The molecule has 8 nitrogen and oxygen atoms in total. The lowest BCUT2D eigenvalue weighted by molar-refractivity contribution is -0.127. The smallest absolute Gasteiger partial charge is 0.325 e. The SMILES string of the molecule is COCCn1cc(C[C@@H]2NC(=O)N(Cc3cc(Cl)ccc3Cl)C2=O)nn1. The Kier molecular flexibility index (Phi) is 5.75. The standard InChI is InChI=1S/C16H17Cl2N5O3/c1-26-5-4-22-9-12(20-21-22)7-14-15(24)23(16(25)19-14)8-10-6-11(17)2-3-13(10)18/h2-3,6,9,14H,4-5,7-8H2,1H3,(H,19,25)/t14-/m0/s1. The van der Waals surface area contributed by atoms with Crippen molar-refractivity contribution in [2.75, 3.05) is 13.7 Å². The molecule has 1 aromatic heterocycles. The highest BCUT2D eigenvalue weighted by atomic mass is 35.5. The van der Waals surface area contributed by atoms with Crippen LogP contribution in [0.4, 0.5) is 4.79 Å². The Morgan fingerprint density at radius 1 is 1.31 bits per heavy atom. The molecule has 0 bridgehead atoms. The van der Waals surface area contributed by atoms with Crippen LogP contribution in [0.15, 0.2) is 24.4 Å². The van der Waals surface area contributed by atoms with Crippen LogP contribution in [0.5, 0.6) is 0 Å². The summed E-state index contributed by atoms with van der Waals surface area (Å²) in [5, 5.41) is 11.6. The van der Waals surface area contributed by atoms with Gasteiger partial charge in [-0.3, -0.25) is 9.69 Å². The van der Waals surface area contributed by atoms with Crippen molar-refractivity contribution < 1.29 is 14.3 Å². The molecular formula is C16H17Cl2N5O3. The van der Waals surface area contributed by atoms with Gasteiger partial charge in [0.15, 0.2) is 0 Å². The maximum Gasteiger partial charge on any atom is 0.325 e. The number of urea groups is 1. The van der Waals surface area contributed by atoms with Crippen molar-refractivity contribution in [2.24, 2.45) is 0 Å². The van der Waals surface area contributed by atoms with E-state index in [9.17, 15) is 9.59 Å². The number of nitrogens with one attached hydrogen (secondary N) is 1. The van der Waals surface area contributed by atoms with Gasteiger partial charge in [0, 0.05) is 29.8 Å². The summed E-state index contributed by atoms with van der Waals surface area (Å²) >= 11 is 12.1. The third kappa shape index (κ3) is 4.14. The molecule has 1 aliphatic rings. The van der Waals surface area contributed by atoms with E-state index in [1.165, 1.54) is 0 Å². The summed E-state index contributed by atoms with van der Waals surface area (Å²) in [6, 6.07) is 3.76. The lowest BCUT2D eigenvalue weighted by Crippen LogP contribution is -2.32. The minimum Gasteiger partial charge on any atom is -0.383 e. The number of carbonyl (C=O) groups is 2. The normalized spacial score (nSPS) is 17.0. The summed E-state index contributed by atoms with van der Waals surface area (Å²) in [5.41, 5.74) is 1.22. The molecule has 1 N–H and O–H groups in total. The first-order chi connectivity index (χ1) is 12.5. The number of rotatable bonds is 7. The Morgan fingerprint density at radius 3 is 2.88 bits per heavy atom. The Labute approximate surface area is 160 Å². The number of hydrogen-bond acceptors (Lipinski definition) is 5. The zero-order chi connectivity index (χ0) is 18.7. The van der Waals surface area contributed by atoms with Gasteiger partial charge in [-0.25, -0.2) is 9.48 Å². The molecule has 1 aromatic carbocycles. The quantitative estimate of drug-likeness (QED) is 0.720. The molecule has 3 amide bonds. The van der Waals surface area contributed by atoms with Gasteiger partial charge in [-0.15, -0.1) is 5.10 Å². The lowest BCUT2D eigenvalue weighted by Gasteiger charge is -2.14. The van der Waals surface area contributed by atoms with Crippen LogP contribution in [0.3, 0.4) is 0 Å². The molecule has 0 saturated carbocycles. The molecule has 0 spiro atoms. The van der Waals surface area contributed by atoms with E-state index in [-0.39, 0.29) is 18.9 Å². The monoisotopic (exact) mass is 397 g/mol. The van der Waals surface area contributed by atoms with E-state index < -0.39 is 12.1 Å². The zero-order valence-corrected chi connectivity index (χ0v) is 15.5. The highest BCUT2D eigenvalue weighted by Crippen LogP contribution is 2.24. The van der Waals surface area contributed by atoms with Crippen LogP contribution in [0.2, 0.25) is 10.0 Å². The average molecular weight is 398 g/mol. The van der Waals surface area contributed by atoms with Crippen LogP contribution in [0.1, 0.15) is 11.3 Å². The van der Waals surface area contributed by atoms with Crippen LogP contribution in [-0.4, -0.2) is 51.6 Å². The number of nitrogens with zero attached hydrogens (tertiary/aromatic N) is 4. The first-order valence-corrected chi connectivity index (χ1v) is 8.67. The van der Waals surface area contributed by atoms with Crippen LogP contribution in [0, 0.1) is 0 Å². The highest BCUT2D eigenvalue weighted by molar-refractivity contribution is 6.33. The molecule has 10 heteroatoms. The zero-order valence-electron chi connectivity index (χ0n) is 14.0. The van der Waals surface area contributed by atoms with Crippen molar-refractivity contribution in [2.45, 2.75) is 25.6 Å². The third-order valence-electron chi connectivity index (χ3n) is 3.97. The Bertz CT molecular complexity index is 826. The molecule has 1 saturated heterocycles. The maximum atomic E-state index is 12.6. The molecule has 0 unspecified atom stereocenters. The molecule has 1 atom stereocenters. The Balaban J connectivity index is 1.66. The fraction of sp³-hybridized carbons (Fsp3) is 0.375. The summed E-state index contributed by atoms with van der Waals surface area (Å²) in [7, 11) is 1.60. The van der Waals surface area contributed by atoms with Gasteiger partial charge < -0.3 is 10.1 Å². The van der Waals surface area contributed by atoms with Gasteiger partial charge in [-0.2, -0.15) is 0 Å². The molecule has 2 heterocycles. The van der Waals surface area contributed by atoms with Crippen molar-refractivity contribution >= 4 is 35.1 Å². The third-order valence-corrected chi connectivity index (χ3v) is 4.57. The molecule has 1 aliphatic heterocycles. The highest BCUT2D eigenvalue weighted by Gasteiger charge is 2.38. The largest absolute Gasteiger partial charge is 0.383 e. The number of ether oxygens (including phenoxy) is 1. The second-order valence-electron chi connectivity index (χ2n) is 5.83. The lowest BCUT2D eigenvalue weighted by atomic mass is 10.1. The molecule has 1 fully saturated rings. The average Bonchev–Trinajstić information content (AvgIpc) is 3.16. The second kappa shape index (κ2) is 8.03. The van der Waals surface area contributed by atoms with Crippen molar-refractivity contribution in [1.82, 2.24) is 25.2 Å². The number of carbonyl (C=O) groups excluding carboxylic acids is 2. The van der Waals surface area contributed by atoms with E-state index in [4.69, 9.17) is 27.9 Å². The Hall–Kier alpha value is -2.16. The summed E-state index contributed by atoms with van der Waals surface area (Å²) in [6.45, 7) is 1.13. The summed E-state index contributed by atoms with van der Waals surface area (Å²) in [6.07, 6.45) is 1.99. The van der Waals surface area contributed by atoms with E-state index in [0.29, 0.717) is 34.5 Å². The van der Waals surface area contributed by atoms with E-state index in [1.54, 1.807) is 36.2 Å². The van der Waals surface area contributed by atoms with E-state index in [1.807, 2.05) is 0 Å². The van der Waals surface area contributed by atoms with Crippen molar-refractivity contribution in [3.63, 3.8) is 0 Å². The van der Waals surface area contributed by atoms with E-state index in [0.717, 1.165) is 4.90 Å². The predicted octanol–water partition coefficient (Wildman–Crippen LogP) is 1.89. The maximum absolute atomic E-state index is 12.6. The van der Waals surface area contributed by atoms with Crippen molar-refractivity contribution in [3.8, 4) is 0 Å². The molecule has 26 heavy (non-hydrogen) atoms. The van der Waals surface area contributed by atoms with Crippen molar-refractivity contribution in [1.29, 1.82) is 0 Å². The first kappa shape index (κ1) is 18.6. The van der Waals surface area contributed by atoms with E-state index in [2.05, 4.69) is 15.6 Å². The van der Waals surface area contributed by atoms with Gasteiger partial charge in [0.05, 0.1) is 25.4 Å². The summed E-state index contributed by atoms with van der Waals surface area (Å²) in [4.78, 5) is 25.9. The fourth-order valence-corrected chi connectivity index (χ4v) is 3.01. The molecule has 0 radical (unpaired) electrons. The fourth-order valence-electron chi connectivity index (χ4n) is 2.64. The number of amides is 3. The number of benzene rings is 1. The molecule has 0 aliphatic carbocycles.